The summed E-state index contributed by atoms with van der Waals surface area (Å²) in [5.41, 5.74) is 2.30. The summed E-state index contributed by atoms with van der Waals surface area (Å²) < 4.78 is 13.4. The minimum absolute atomic E-state index is 0.189. The first-order chi connectivity index (χ1) is 20.0. The smallest absolute Gasteiger partial charge is 0.276 e. The third kappa shape index (κ3) is 6.65. The molecule has 0 fully saturated rings. The highest BCUT2D eigenvalue weighted by atomic mass is 79.9. The Hall–Kier alpha value is -2.82. The molecule has 0 saturated carbocycles. The summed E-state index contributed by atoms with van der Waals surface area (Å²) in [7, 11) is 1.61. The average molecular weight is 700 g/mol. The van der Waals surface area contributed by atoms with E-state index in [1.807, 2.05) is 60.7 Å². The zero-order valence-electron chi connectivity index (χ0n) is 23.0. The Kier molecular flexibility index (Phi) is 10.1. The van der Waals surface area contributed by atoms with Crippen molar-refractivity contribution in [2.45, 2.75) is 51.8 Å². The molecule has 0 aliphatic carbocycles. The number of carbonyl (C=O) groups excluding carboxylic acids is 1. The van der Waals surface area contributed by atoms with Gasteiger partial charge in [-0.3, -0.25) is 15.1 Å². The summed E-state index contributed by atoms with van der Waals surface area (Å²) in [6.07, 6.45) is 5.34. The molecule has 0 bridgehead atoms. The zero-order valence-corrected chi connectivity index (χ0v) is 27.0. The summed E-state index contributed by atoms with van der Waals surface area (Å²) in [5.74, 6) is 1.83. The Labute approximate surface area is 261 Å². The van der Waals surface area contributed by atoms with Gasteiger partial charge in [0.1, 0.15) is 12.3 Å². The molecule has 1 amide bonds. The van der Waals surface area contributed by atoms with E-state index >= 15 is 0 Å². The van der Waals surface area contributed by atoms with Crippen molar-refractivity contribution in [1.82, 2.24) is 10.3 Å². The number of hydrogen-bond donors (Lipinski definition) is 1. The molecule has 41 heavy (non-hydrogen) atoms. The lowest BCUT2D eigenvalue weighted by atomic mass is 10.1. The van der Waals surface area contributed by atoms with Crippen LogP contribution in [0.3, 0.4) is 0 Å². The zero-order chi connectivity index (χ0) is 28.8. The summed E-state index contributed by atoms with van der Waals surface area (Å²) in [4.78, 5) is 18.6. The number of fused-ring (bicyclic) bond motifs is 2. The van der Waals surface area contributed by atoms with Crippen molar-refractivity contribution < 1.29 is 14.3 Å². The van der Waals surface area contributed by atoms with Gasteiger partial charge in [0.25, 0.3) is 5.91 Å². The van der Waals surface area contributed by atoms with Crippen molar-refractivity contribution in [2.24, 2.45) is 10.1 Å². The van der Waals surface area contributed by atoms with Gasteiger partial charge in [0, 0.05) is 21.0 Å². The van der Waals surface area contributed by atoms with Crippen LogP contribution in [0.5, 0.6) is 11.5 Å². The molecule has 5 rings (SSSR count). The Bertz CT molecular complexity index is 1570. The normalized spacial score (nSPS) is 15.9. The molecule has 2 aliphatic heterocycles. The maximum absolute atomic E-state index is 13.5. The van der Waals surface area contributed by atoms with Crippen LogP contribution in [0.15, 0.2) is 79.7 Å². The number of halogens is 2. The standard InChI is InChI=1S/C31H32Br2N4O3S/c1-3-4-5-6-12-17-41-31-35-30(38)27-21-15-10-11-16-23(21)34-29(37(27)36-31)22-18-24(39-2)28(26(33)25(22)32)40-19-20-13-8-7-9-14-20/h7-11,13-16,18,29H,3-6,12,17,19H2,1-2H3,(H,35,36,38)/t29-/m0/s1. The van der Waals surface area contributed by atoms with E-state index in [4.69, 9.17) is 19.6 Å². The molecule has 2 aliphatic rings. The number of benzene rings is 3. The molecule has 3 aromatic carbocycles. The van der Waals surface area contributed by atoms with Crippen LogP contribution in [-0.4, -0.2) is 28.9 Å². The van der Waals surface area contributed by atoms with Crippen LogP contribution in [0, 0.1) is 0 Å². The number of para-hydroxylation sites is 1. The Morgan fingerprint density at radius 1 is 1.00 bits per heavy atom. The van der Waals surface area contributed by atoms with E-state index < -0.39 is 6.17 Å². The van der Waals surface area contributed by atoms with Crippen molar-refractivity contribution in [3.05, 3.63) is 91.3 Å². The predicted octanol–water partition coefficient (Wildman–Crippen LogP) is 6.65. The molecule has 7 nitrogen and oxygen atoms in total. The van der Waals surface area contributed by atoms with Gasteiger partial charge >= 0.3 is 0 Å². The second-order valence-corrected chi connectivity index (χ2v) is 12.4. The van der Waals surface area contributed by atoms with Crippen LogP contribution in [-0.2, 0) is 11.4 Å². The van der Waals surface area contributed by atoms with Crippen LogP contribution in [0.2, 0.25) is 0 Å². The van der Waals surface area contributed by atoms with Crippen LogP contribution < -0.4 is 25.4 Å². The molecule has 1 N–H and O–H groups in total. The number of amides is 1. The molecule has 3 aromatic rings. The third-order valence-corrected chi connectivity index (χ3v) is 9.98. The monoisotopic (exact) mass is 698 g/mol. The SMILES string of the molecule is CCCCCCCSC1=NN2C(=c3ccccc3=N[C@@H]2c2cc(OC)c(OCc3ccccc3)c(Br)c2Br)C(=O)N1. The first-order valence-electron chi connectivity index (χ1n) is 13.7. The van der Waals surface area contributed by atoms with Crippen LogP contribution in [0.1, 0.15) is 56.3 Å². The Morgan fingerprint density at radius 2 is 1.76 bits per heavy atom. The van der Waals surface area contributed by atoms with Gasteiger partial charge in [-0.25, -0.2) is 5.01 Å². The van der Waals surface area contributed by atoms with E-state index in [1.54, 1.807) is 23.9 Å². The van der Waals surface area contributed by atoms with Crippen molar-refractivity contribution in [1.29, 1.82) is 0 Å². The van der Waals surface area contributed by atoms with E-state index in [0.717, 1.165) is 38.3 Å². The lowest BCUT2D eigenvalue weighted by molar-refractivity contribution is -0.116. The van der Waals surface area contributed by atoms with Crippen molar-refractivity contribution in [3.8, 4) is 11.5 Å². The molecular formula is C31H32Br2N4O3S. The minimum atomic E-state index is -0.603. The number of hydrazone groups is 1. The number of amidine groups is 1. The van der Waals surface area contributed by atoms with Crippen LogP contribution in [0.4, 0.5) is 0 Å². The Balaban J connectivity index is 1.50. The van der Waals surface area contributed by atoms with Gasteiger partial charge < -0.3 is 9.47 Å². The molecule has 214 valence electrons. The highest BCUT2D eigenvalue weighted by Crippen LogP contribution is 2.47. The second kappa shape index (κ2) is 13.9. The van der Waals surface area contributed by atoms with Gasteiger partial charge in [-0.15, -0.1) is 5.10 Å². The van der Waals surface area contributed by atoms with E-state index in [2.05, 4.69) is 44.1 Å². The summed E-state index contributed by atoms with van der Waals surface area (Å²) in [6, 6.07) is 19.5. The van der Waals surface area contributed by atoms with Gasteiger partial charge in [0.05, 0.1) is 16.9 Å². The predicted molar refractivity (Wildman–Crippen MR) is 171 cm³/mol. The van der Waals surface area contributed by atoms with E-state index in [1.165, 1.54) is 25.7 Å². The molecule has 10 heteroatoms. The molecule has 0 unspecified atom stereocenters. The highest BCUT2D eigenvalue weighted by Gasteiger charge is 2.36. The fraction of sp³-hybridized carbons (Fsp3) is 0.323. The van der Waals surface area contributed by atoms with Crippen molar-refractivity contribution >= 4 is 60.4 Å². The molecular weight excluding hydrogens is 668 g/mol. The maximum Gasteiger partial charge on any atom is 0.276 e. The average Bonchev–Trinajstić information content (AvgIpc) is 2.99. The van der Waals surface area contributed by atoms with E-state index in [0.29, 0.717) is 33.4 Å². The third-order valence-electron chi connectivity index (χ3n) is 6.88. The fourth-order valence-corrected chi connectivity index (χ4v) is 6.67. The lowest BCUT2D eigenvalue weighted by Crippen LogP contribution is -2.50. The minimum Gasteiger partial charge on any atom is -0.493 e. The number of rotatable bonds is 11. The number of unbranched alkanes of at least 4 members (excludes halogenated alkanes) is 4. The van der Waals surface area contributed by atoms with Gasteiger partial charge in [0.2, 0.25) is 0 Å². The lowest BCUT2D eigenvalue weighted by Gasteiger charge is -2.34. The van der Waals surface area contributed by atoms with Gasteiger partial charge in [-0.2, -0.15) is 0 Å². The number of nitrogens with zero attached hydrogens (tertiary/aromatic N) is 3. The largest absolute Gasteiger partial charge is 0.493 e. The molecule has 2 heterocycles. The second-order valence-electron chi connectivity index (χ2n) is 9.73. The topological polar surface area (TPSA) is 75.5 Å². The van der Waals surface area contributed by atoms with Crippen LogP contribution in [0.25, 0.3) is 5.70 Å². The maximum atomic E-state index is 13.5. The number of methoxy groups -OCH3 is 1. The van der Waals surface area contributed by atoms with Gasteiger partial charge in [-0.05, 0) is 56.0 Å². The number of thioether (sulfide) groups is 1. The van der Waals surface area contributed by atoms with E-state index in [-0.39, 0.29) is 5.91 Å². The fourth-order valence-electron chi connectivity index (χ4n) is 4.78. The number of hydrogen-bond acceptors (Lipinski definition) is 7. The molecule has 0 radical (unpaired) electrons. The quantitative estimate of drug-likeness (QED) is 0.227. The first-order valence-corrected chi connectivity index (χ1v) is 16.3. The molecule has 0 aromatic heterocycles. The molecule has 0 saturated heterocycles. The van der Waals surface area contributed by atoms with E-state index in [9.17, 15) is 4.79 Å². The highest BCUT2D eigenvalue weighted by molar-refractivity contribution is 9.13. The summed E-state index contributed by atoms with van der Waals surface area (Å²) in [5, 5.41) is 11.7. The number of nitrogens with one attached hydrogen (secondary N) is 1. The van der Waals surface area contributed by atoms with Crippen molar-refractivity contribution in [2.75, 3.05) is 12.9 Å². The molecule has 1 atom stereocenters. The van der Waals surface area contributed by atoms with Gasteiger partial charge in [0.15, 0.2) is 22.8 Å². The molecule has 0 spiro atoms. The van der Waals surface area contributed by atoms with Crippen LogP contribution >= 0.6 is 43.6 Å². The first kappa shape index (κ1) is 29.7. The number of ether oxygens (including phenoxy) is 2. The summed E-state index contributed by atoms with van der Waals surface area (Å²) >= 11 is 9.08. The van der Waals surface area contributed by atoms with Gasteiger partial charge in [-0.1, -0.05) is 92.9 Å². The van der Waals surface area contributed by atoms with Crippen molar-refractivity contribution in [3.63, 3.8) is 0 Å². The number of carbonyl (C=O) groups is 1. The summed E-state index contributed by atoms with van der Waals surface area (Å²) in [6.45, 7) is 2.60. The Morgan fingerprint density at radius 3 is 2.54 bits per heavy atom.